The number of ether oxygens (including phenoxy) is 1. The molecule has 1 aliphatic heterocycles. The summed E-state index contributed by atoms with van der Waals surface area (Å²) in [5.74, 6) is 0.558. The van der Waals surface area contributed by atoms with Crippen molar-refractivity contribution in [1.29, 1.82) is 0 Å². The summed E-state index contributed by atoms with van der Waals surface area (Å²) in [6.45, 7) is 3.07. The van der Waals surface area contributed by atoms with Crippen LogP contribution in [0.5, 0.6) is 5.88 Å². The van der Waals surface area contributed by atoms with E-state index in [4.69, 9.17) is 4.74 Å². The molecule has 0 unspecified atom stereocenters. The highest BCUT2D eigenvalue weighted by molar-refractivity contribution is 5.92. The molecule has 0 atom stereocenters. The molecule has 102 valence electrons. The van der Waals surface area contributed by atoms with E-state index in [2.05, 4.69) is 9.97 Å². The van der Waals surface area contributed by atoms with E-state index in [0.29, 0.717) is 24.7 Å². The number of carbonyl (C=O) groups excluding carboxylic acids is 1. The highest BCUT2D eigenvalue weighted by atomic mass is 16.5. The van der Waals surface area contributed by atoms with E-state index in [0.717, 1.165) is 5.69 Å². The van der Waals surface area contributed by atoms with Gasteiger partial charge in [-0.1, -0.05) is 12.1 Å². The number of aromatic nitrogens is 2. The van der Waals surface area contributed by atoms with Gasteiger partial charge in [0.15, 0.2) is 0 Å². The molecule has 0 saturated carbocycles. The molecule has 3 rings (SSSR count). The second-order valence-corrected chi connectivity index (χ2v) is 4.78. The molecule has 20 heavy (non-hydrogen) atoms. The van der Waals surface area contributed by atoms with Gasteiger partial charge in [-0.3, -0.25) is 9.78 Å². The van der Waals surface area contributed by atoms with Gasteiger partial charge in [-0.25, -0.2) is 4.98 Å². The maximum Gasteiger partial charge on any atom is 0.272 e. The van der Waals surface area contributed by atoms with Gasteiger partial charge < -0.3 is 9.64 Å². The first-order chi connectivity index (χ1) is 9.72. The van der Waals surface area contributed by atoms with Crippen molar-refractivity contribution >= 4 is 5.91 Å². The average Bonchev–Trinajstić information content (AvgIpc) is 2.43. The Balaban J connectivity index is 1.55. The van der Waals surface area contributed by atoms with E-state index in [-0.39, 0.29) is 12.0 Å². The first-order valence-corrected chi connectivity index (χ1v) is 6.53. The summed E-state index contributed by atoms with van der Waals surface area (Å²) in [6, 6.07) is 11.0. The summed E-state index contributed by atoms with van der Waals surface area (Å²) < 4.78 is 5.72. The number of likely N-dealkylation sites (tertiary alicyclic amines) is 1. The minimum absolute atomic E-state index is 0.0111. The normalized spacial score (nSPS) is 14.8. The van der Waals surface area contributed by atoms with Crippen molar-refractivity contribution < 1.29 is 9.53 Å². The summed E-state index contributed by atoms with van der Waals surface area (Å²) in [4.78, 5) is 22.1. The fourth-order valence-corrected chi connectivity index (χ4v) is 2.08. The molecule has 0 aromatic carbocycles. The molecule has 0 aliphatic carbocycles. The second kappa shape index (κ2) is 5.28. The van der Waals surface area contributed by atoms with Gasteiger partial charge in [0.2, 0.25) is 5.88 Å². The van der Waals surface area contributed by atoms with Gasteiger partial charge in [0, 0.05) is 18.0 Å². The van der Waals surface area contributed by atoms with Gasteiger partial charge in [-0.15, -0.1) is 0 Å². The van der Waals surface area contributed by atoms with Crippen molar-refractivity contribution in [3.63, 3.8) is 0 Å². The molecule has 1 saturated heterocycles. The highest BCUT2D eigenvalue weighted by Crippen LogP contribution is 2.18. The van der Waals surface area contributed by atoms with Crippen molar-refractivity contribution in [2.45, 2.75) is 13.0 Å². The molecule has 0 N–H and O–H groups in total. The van der Waals surface area contributed by atoms with Crippen LogP contribution in [0.3, 0.4) is 0 Å². The zero-order chi connectivity index (χ0) is 13.9. The molecule has 3 heterocycles. The van der Waals surface area contributed by atoms with Gasteiger partial charge >= 0.3 is 0 Å². The van der Waals surface area contributed by atoms with Crippen LogP contribution in [0.4, 0.5) is 0 Å². The maximum atomic E-state index is 12.1. The third kappa shape index (κ3) is 2.61. The Morgan fingerprint density at radius 2 is 2.10 bits per heavy atom. The lowest BCUT2D eigenvalue weighted by Crippen LogP contribution is -2.56. The van der Waals surface area contributed by atoms with Crippen LogP contribution in [0.2, 0.25) is 0 Å². The van der Waals surface area contributed by atoms with E-state index in [9.17, 15) is 4.79 Å². The number of amides is 1. The fourth-order valence-electron chi connectivity index (χ4n) is 2.08. The third-order valence-corrected chi connectivity index (χ3v) is 3.17. The van der Waals surface area contributed by atoms with Crippen molar-refractivity contribution in [3.05, 3.63) is 54.0 Å². The smallest absolute Gasteiger partial charge is 0.272 e. The molecule has 1 aliphatic rings. The third-order valence-electron chi connectivity index (χ3n) is 3.17. The average molecular weight is 269 g/mol. The molecule has 5 nitrogen and oxygen atoms in total. The Morgan fingerprint density at radius 3 is 2.80 bits per heavy atom. The van der Waals surface area contributed by atoms with Crippen LogP contribution in [-0.4, -0.2) is 40.0 Å². The van der Waals surface area contributed by atoms with Gasteiger partial charge in [0.1, 0.15) is 11.8 Å². The summed E-state index contributed by atoms with van der Waals surface area (Å²) in [5, 5.41) is 0. The highest BCUT2D eigenvalue weighted by Gasteiger charge is 2.33. The number of hydrogen-bond acceptors (Lipinski definition) is 4. The Kier molecular flexibility index (Phi) is 3.33. The molecule has 2 aromatic rings. The van der Waals surface area contributed by atoms with Gasteiger partial charge in [-0.05, 0) is 25.1 Å². The number of hydrogen-bond donors (Lipinski definition) is 0. The number of rotatable bonds is 3. The number of nitrogens with zero attached hydrogens (tertiary/aromatic N) is 3. The number of pyridine rings is 2. The van der Waals surface area contributed by atoms with E-state index in [1.807, 2.05) is 31.2 Å². The quantitative estimate of drug-likeness (QED) is 0.851. The van der Waals surface area contributed by atoms with Crippen LogP contribution in [0.25, 0.3) is 0 Å². The lowest BCUT2D eigenvalue weighted by atomic mass is 10.1. The molecular weight excluding hydrogens is 254 g/mol. The molecule has 1 fully saturated rings. The fraction of sp³-hybridized carbons (Fsp3) is 0.267. The van der Waals surface area contributed by atoms with Crippen molar-refractivity contribution in [1.82, 2.24) is 14.9 Å². The summed E-state index contributed by atoms with van der Waals surface area (Å²) >= 11 is 0. The van der Waals surface area contributed by atoms with E-state index in [1.165, 1.54) is 0 Å². The minimum Gasteiger partial charge on any atom is -0.471 e. The Labute approximate surface area is 117 Å². The van der Waals surface area contributed by atoms with Crippen LogP contribution in [0, 0.1) is 6.92 Å². The van der Waals surface area contributed by atoms with Crippen molar-refractivity contribution in [2.24, 2.45) is 0 Å². The van der Waals surface area contributed by atoms with Gasteiger partial charge in [-0.2, -0.15) is 0 Å². The molecular formula is C15H15N3O2. The summed E-state index contributed by atoms with van der Waals surface area (Å²) in [5.41, 5.74) is 1.39. The standard InChI is InChI=1S/C15H15N3O2/c1-11-5-4-7-14(17-11)20-12-9-18(10-12)15(19)13-6-2-3-8-16-13/h2-8,12H,9-10H2,1H3. The Bertz CT molecular complexity index is 610. The molecule has 0 spiro atoms. The Morgan fingerprint density at radius 1 is 1.25 bits per heavy atom. The molecule has 0 radical (unpaired) electrons. The molecule has 5 heteroatoms. The van der Waals surface area contributed by atoms with Crippen LogP contribution >= 0.6 is 0 Å². The molecule has 0 bridgehead atoms. The largest absolute Gasteiger partial charge is 0.471 e. The predicted molar refractivity (Wildman–Crippen MR) is 73.5 cm³/mol. The SMILES string of the molecule is Cc1cccc(OC2CN(C(=O)c3ccccn3)C2)n1. The first-order valence-electron chi connectivity index (χ1n) is 6.53. The first kappa shape index (κ1) is 12.6. The topological polar surface area (TPSA) is 55.3 Å². The predicted octanol–water partition coefficient (Wildman–Crippen LogP) is 1.69. The van der Waals surface area contributed by atoms with Crippen LogP contribution < -0.4 is 4.74 Å². The van der Waals surface area contributed by atoms with E-state index >= 15 is 0 Å². The summed E-state index contributed by atoms with van der Waals surface area (Å²) in [7, 11) is 0. The molecule has 2 aromatic heterocycles. The Hall–Kier alpha value is -2.43. The number of aryl methyl sites for hydroxylation is 1. The molecule has 1 amide bonds. The van der Waals surface area contributed by atoms with Gasteiger partial charge in [0.25, 0.3) is 5.91 Å². The lowest BCUT2D eigenvalue weighted by molar-refractivity contribution is 0.0155. The zero-order valence-electron chi connectivity index (χ0n) is 11.2. The van der Waals surface area contributed by atoms with E-state index < -0.39 is 0 Å². The second-order valence-electron chi connectivity index (χ2n) is 4.78. The van der Waals surface area contributed by atoms with Crippen LogP contribution in [0.15, 0.2) is 42.6 Å². The zero-order valence-corrected chi connectivity index (χ0v) is 11.2. The van der Waals surface area contributed by atoms with E-state index in [1.54, 1.807) is 23.2 Å². The minimum atomic E-state index is -0.0531. The monoisotopic (exact) mass is 269 g/mol. The van der Waals surface area contributed by atoms with Gasteiger partial charge in [0.05, 0.1) is 13.1 Å². The maximum absolute atomic E-state index is 12.1. The number of carbonyl (C=O) groups is 1. The summed E-state index contributed by atoms with van der Waals surface area (Å²) in [6.07, 6.45) is 1.63. The van der Waals surface area contributed by atoms with Crippen LogP contribution in [0.1, 0.15) is 16.2 Å². The lowest BCUT2D eigenvalue weighted by Gasteiger charge is -2.38. The van der Waals surface area contributed by atoms with Crippen molar-refractivity contribution in [2.75, 3.05) is 13.1 Å². The van der Waals surface area contributed by atoms with Crippen LogP contribution in [-0.2, 0) is 0 Å². The van der Waals surface area contributed by atoms with Crippen molar-refractivity contribution in [3.8, 4) is 5.88 Å².